The average molecular weight is 218 g/mol. The van der Waals surface area contributed by atoms with Gasteiger partial charge in [0, 0.05) is 18.1 Å². The molecule has 0 amide bonds. The lowest BCUT2D eigenvalue weighted by molar-refractivity contribution is 0.142. The number of sulfone groups is 1. The molecule has 0 aromatic carbocycles. The molecule has 82 valence electrons. The van der Waals surface area contributed by atoms with Gasteiger partial charge in [-0.3, -0.25) is 4.90 Å². The van der Waals surface area contributed by atoms with Crippen LogP contribution < -0.4 is 5.73 Å². The summed E-state index contributed by atoms with van der Waals surface area (Å²) < 4.78 is 22.9. The molecular formula is C9H18N2O2S. The Morgan fingerprint density at radius 2 is 2.14 bits per heavy atom. The zero-order chi connectivity index (χ0) is 10.4. The standard InChI is InChI=1S/C9H18N2O2S/c1-11(8-2-3-8)9(6-10)4-5-14(12,13)7-9/h8H,2-7,10H2,1H3. The lowest BCUT2D eigenvalue weighted by Crippen LogP contribution is -2.54. The highest BCUT2D eigenvalue weighted by atomic mass is 32.2. The molecule has 2 rings (SSSR count). The molecule has 0 radical (unpaired) electrons. The van der Waals surface area contributed by atoms with E-state index in [1.165, 1.54) is 12.8 Å². The number of nitrogens with two attached hydrogens (primary N) is 1. The molecule has 1 unspecified atom stereocenters. The van der Waals surface area contributed by atoms with Crippen LogP contribution in [0.2, 0.25) is 0 Å². The van der Waals surface area contributed by atoms with E-state index in [1.54, 1.807) is 0 Å². The summed E-state index contributed by atoms with van der Waals surface area (Å²) in [5.41, 5.74) is 5.49. The Morgan fingerprint density at radius 3 is 2.50 bits per heavy atom. The second-order valence-corrected chi connectivity index (χ2v) is 6.80. The van der Waals surface area contributed by atoms with E-state index in [-0.39, 0.29) is 11.3 Å². The minimum absolute atomic E-state index is 0.253. The predicted octanol–water partition coefficient (Wildman–Crippen LogP) is -0.403. The first-order valence-electron chi connectivity index (χ1n) is 5.13. The molecule has 1 aliphatic carbocycles. The van der Waals surface area contributed by atoms with Crippen molar-refractivity contribution < 1.29 is 8.42 Å². The van der Waals surface area contributed by atoms with Gasteiger partial charge in [0.1, 0.15) is 0 Å². The van der Waals surface area contributed by atoms with Crippen LogP contribution in [0.25, 0.3) is 0 Å². The monoisotopic (exact) mass is 218 g/mol. The van der Waals surface area contributed by atoms with Gasteiger partial charge in [-0.25, -0.2) is 8.42 Å². The molecule has 5 heteroatoms. The van der Waals surface area contributed by atoms with Crippen LogP contribution >= 0.6 is 0 Å². The maximum atomic E-state index is 11.5. The van der Waals surface area contributed by atoms with Gasteiger partial charge in [-0.15, -0.1) is 0 Å². The molecule has 0 bridgehead atoms. The van der Waals surface area contributed by atoms with Crippen LogP contribution in [-0.4, -0.2) is 50.0 Å². The van der Waals surface area contributed by atoms with Gasteiger partial charge in [0.25, 0.3) is 0 Å². The third kappa shape index (κ3) is 1.68. The minimum atomic E-state index is -2.84. The summed E-state index contributed by atoms with van der Waals surface area (Å²) in [5.74, 6) is 0.560. The van der Waals surface area contributed by atoms with E-state index in [9.17, 15) is 8.42 Å². The highest BCUT2D eigenvalue weighted by molar-refractivity contribution is 7.91. The van der Waals surface area contributed by atoms with E-state index in [2.05, 4.69) is 4.90 Å². The van der Waals surface area contributed by atoms with Gasteiger partial charge in [-0.2, -0.15) is 0 Å². The molecule has 1 saturated heterocycles. The van der Waals surface area contributed by atoms with Crippen LogP contribution in [0.15, 0.2) is 0 Å². The molecule has 1 saturated carbocycles. The largest absolute Gasteiger partial charge is 0.329 e. The van der Waals surface area contributed by atoms with Crippen LogP contribution in [0, 0.1) is 0 Å². The zero-order valence-electron chi connectivity index (χ0n) is 8.57. The van der Waals surface area contributed by atoms with Crippen LogP contribution in [0.5, 0.6) is 0 Å². The third-order valence-electron chi connectivity index (χ3n) is 3.59. The Balaban J connectivity index is 2.18. The van der Waals surface area contributed by atoms with Crippen molar-refractivity contribution in [3.63, 3.8) is 0 Å². The van der Waals surface area contributed by atoms with E-state index >= 15 is 0 Å². The number of rotatable bonds is 3. The van der Waals surface area contributed by atoms with E-state index in [0.29, 0.717) is 24.8 Å². The maximum Gasteiger partial charge on any atom is 0.152 e. The Kier molecular flexibility index (Phi) is 2.36. The highest BCUT2D eigenvalue weighted by Crippen LogP contribution is 2.36. The molecule has 0 aromatic rings. The summed E-state index contributed by atoms with van der Waals surface area (Å²) in [6.07, 6.45) is 3.09. The first-order valence-corrected chi connectivity index (χ1v) is 6.95. The lowest BCUT2D eigenvalue weighted by Gasteiger charge is -2.37. The van der Waals surface area contributed by atoms with Gasteiger partial charge in [0.05, 0.1) is 11.5 Å². The van der Waals surface area contributed by atoms with E-state index in [0.717, 1.165) is 0 Å². The molecule has 0 spiro atoms. The Morgan fingerprint density at radius 1 is 1.50 bits per heavy atom. The summed E-state index contributed by atoms with van der Waals surface area (Å²) in [4.78, 5) is 2.21. The van der Waals surface area contributed by atoms with E-state index in [4.69, 9.17) is 5.73 Å². The molecule has 2 fully saturated rings. The lowest BCUT2D eigenvalue weighted by atomic mass is 9.97. The number of nitrogens with zero attached hydrogens (tertiary/aromatic N) is 1. The summed E-state index contributed by atoms with van der Waals surface area (Å²) in [7, 11) is -0.819. The fourth-order valence-electron chi connectivity index (χ4n) is 2.33. The van der Waals surface area contributed by atoms with Crippen LogP contribution in [0.1, 0.15) is 19.3 Å². The Labute approximate surface area is 85.4 Å². The van der Waals surface area contributed by atoms with E-state index in [1.807, 2.05) is 7.05 Å². The maximum absolute atomic E-state index is 11.5. The van der Waals surface area contributed by atoms with Crippen molar-refractivity contribution >= 4 is 9.84 Å². The molecule has 4 nitrogen and oxygen atoms in total. The topological polar surface area (TPSA) is 63.4 Å². The normalized spacial score (nSPS) is 36.5. The highest BCUT2D eigenvalue weighted by Gasteiger charge is 2.48. The molecule has 0 aromatic heterocycles. The van der Waals surface area contributed by atoms with Crippen molar-refractivity contribution in [1.29, 1.82) is 0 Å². The van der Waals surface area contributed by atoms with Crippen molar-refractivity contribution in [2.45, 2.75) is 30.8 Å². The molecule has 14 heavy (non-hydrogen) atoms. The zero-order valence-corrected chi connectivity index (χ0v) is 9.39. The smallest absolute Gasteiger partial charge is 0.152 e. The first kappa shape index (κ1) is 10.4. The fourth-order valence-corrected chi connectivity index (χ4v) is 4.45. The van der Waals surface area contributed by atoms with Gasteiger partial charge < -0.3 is 5.73 Å². The Hall–Kier alpha value is -0.130. The average Bonchev–Trinajstić information content (AvgIpc) is 2.90. The molecule has 2 N–H and O–H groups in total. The molecular weight excluding hydrogens is 200 g/mol. The summed E-state index contributed by atoms with van der Waals surface area (Å²) in [6, 6.07) is 0.576. The number of hydrogen-bond acceptors (Lipinski definition) is 4. The van der Waals surface area contributed by atoms with Gasteiger partial charge >= 0.3 is 0 Å². The minimum Gasteiger partial charge on any atom is -0.329 e. The third-order valence-corrected chi connectivity index (χ3v) is 5.39. The summed E-state index contributed by atoms with van der Waals surface area (Å²) >= 11 is 0. The van der Waals surface area contributed by atoms with Crippen molar-refractivity contribution in [2.24, 2.45) is 5.73 Å². The van der Waals surface area contributed by atoms with Crippen molar-refractivity contribution in [3.8, 4) is 0 Å². The molecule has 1 heterocycles. The van der Waals surface area contributed by atoms with Crippen molar-refractivity contribution in [1.82, 2.24) is 4.90 Å². The van der Waals surface area contributed by atoms with Crippen LogP contribution in [0.4, 0.5) is 0 Å². The summed E-state index contributed by atoms with van der Waals surface area (Å²) in [6.45, 7) is 0.458. The summed E-state index contributed by atoms with van der Waals surface area (Å²) in [5, 5.41) is 0. The molecule has 2 aliphatic rings. The number of hydrogen-bond donors (Lipinski definition) is 1. The van der Waals surface area contributed by atoms with Crippen LogP contribution in [-0.2, 0) is 9.84 Å². The first-order chi connectivity index (χ1) is 6.49. The van der Waals surface area contributed by atoms with Gasteiger partial charge in [0.15, 0.2) is 9.84 Å². The molecule has 1 aliphatic heterocycles. The SMILES string of the molecule is CN(C1CC1)C1(CN)CCS(=O)(=O)C1. The fraction of sp³-hybridized carbons (Fsp3) is 1.00. The van der Waals surface area contributed by atoms with Gasteiger partial charge in [-0.1, -0.05) is 0 Å². The Bertz CT molecular complexity index is 324. The van der Waals surface area contributed by atoms with Crippen molar-refractivity contribution in [3.05, 3.63) is 0 Å². The molecule has 1 atom stereocenters. The van der Waals surface area contributed by atoms with Gasteiger partial charge in [-0.05, 0) is 26.3 Å². The predicted molar refractivity (Wildman–Crippen MR) is 55.8 cm³/mol. The van der Waals surface area contributed by atoms with Crippen LogP contribution in [0.3, 0.4) is 0 Å². The second-order valence-electron chi connectivity index (χ2n) is 4.61. The quantitative estimate of drug-likeness (QED) is 0.700. The second kappa shape index (κ2) is 3.18. The van der Waals surface area contributed by atoms with E-state index < -0.39 is 9.84 Å². The van der Waals surface area contributed by atoms with Crippen molar-refractivity contribution in [2.75, 3.05) is 25.1 Å². The van der Waals surface area contributed by atoms with Gasteiger partial charge in [0.2, 0.25) is 0 Å². The number of likely N-dealkylation sites (N-methyl/N-ethyl adjacent to an activating group) is 1.